The molecule has 1 unspecified atom stereocenters. The fourth-order valence-corrected chi connectivity index (χ4v) is 4.88. The maximum Gasteiger partial charge on any atom is 0.314 e. The van der Waals surface area contributed by atoms with E-state index in [1.165, 1.54) is 11.1 Å². The van der Waals surface area contributed by atoms with Crippen LogP contribution in [0.2, 0.25) is 0 Å². The Hall–Kier alpha value is -1.77. The second-order valence-corrected chi connectivity index (χ2v) is 15.3. The van der Waals surface area contributed by atoms with Crippen LogP contribution in [-0.2, 0) is 32.6 Å². The molecule has 1 aliphatic heterocycles. The van der Waals surface area contributed by atoms with Crippen molar-refractivity contribution in [3.63, 3.8) is 0 Å². The van der Waals surface area contributed by atoms with Gasteiger partial charge in [-0.3, -0.25) is 4.57 Å². The van der Waals surface area contributed by atoms with E-state index in [4.69, 9.17) is 9.47 Å². The van der Waals surface area contributed by atoms with E-state index in [0.29, 0.717) is 17.9 Å². The molecule has 0 aromatic heterocycles. The number of rotatable bonds is 1. The van der Waals surface area contributed by atoms with Gasteiger partial charge in [-0.15, -0.1) is 0 Å². The quantitative estimate of drug-likeness (QED) is 0.403. The number of ether oxygens (including phenoxy) is 2. The Labute approximate surface area is 213 Å². The maximum absolute atomic E-state index is 12.5. The molecular formula is C30H45O4P. The molecule has 0 amide bonds. The smallest absolute Gasteiger partial charge is 0.314 e. The highest BCUT2D eigenvalue weighted by molar-refractivity contribution is 7.38. The molecule has 3 rings (SSSR count). The summed E-state index contributed by atoms with van der Waals surface area (Å²) in [5.41, 5.74) is 6.05. The molecule has 1 N–H and O–H groups in total. The van der Waals surface area contributed by atoms with Crippen molar-refractivity contribution in [3.8, 4) is 11.5 Å². The summed E-state index contributed by atoms with van der Waals surface area (Å²) in [5, 5.41) is 0. The Morgan fingerprint density at radius 1 is 0.657 bits per heavy atom. The van der Waals surface area contributed by atoms with Gasteiger partial charge in [0.05, 0.1) is 0 Å². The van der Waals surface area contributed by atoms with Crippen LogP contribution in [0.4, 0.5) is 0 Å². The third kappa shape index (κ3) is 5.97. The highest BCUT2D eigenvalue weighted by Crippen LogP contribution is 2.47. The summed E-state index contributed by atoms with van der Waals surface area (Å²) in [5.74, 6) is 1.35. The first kappa shape index (κ1) is 27.8. The van der Waals surface area contributed by atoms with E-state index in [-0.39, 0.29) is 21.7 Å². The number of benzene rings is 2. The minimum atomic E-state index is -3.15. The van der Waals surface area contributed by atoms with Crippen molar-refractivity contribution in [2.24, 2.45) is 0 Å². The third-order valence-corrected chi connectivity index (χ3v) is 7.35. The van der Waals surface area contributed by atoms with Gasteiger partial charge in [0.1, 0.15) is 11.5 Å². The van der Waals surface area contributed by atoms with Crippen LogP contribution in [0.25, 0.3) is 0 Å². The zero-order chi connectivity index (χ0) is 26.7. The number of hydrogen-bond donors (Lipinski definition) is 1. The zero-order valence-corrected chi connectivity index (χ0v) is 24.8. The zero-order valence-electron chi connectivity index (χ0n) is 23.8. The summed E-state index contributed by atoms with van der Waals surface area (Å²) in [4.78, 5) is 10.3. The van der Waals surface area contributed by atoms with Gasteiger partial charge >= 0.3 is 6.03 Å². The molecule has 0 saturated carbocycles. The van der Waals surface area contributed by atoms with Gasteiger partial charge in [-0.1, -0.05) is 107 Å². The molecule has 1 aliphatic rings. The summed E-state index contributed by atoms with van der Waals surface area (Å²) in [6.07, 6.45) is 0.629. The fraction of sp³-hybridized carbons (Fsp3) is 0.600. The summed E-state index contributed by atoms with van der Waals surface area (Å²) in [6, 6.07) is 7.57. The number of hydrogen-bond acceptors (Lipinski definition) is 3. The van der Waals surface area contributed by atoms with E-state index < -0.39 is 14.1 Å². The molecule has 1 atom stereocenters. The molecule has 0 bridgehead atoms. The summed E-state index contributed by atoms with van der Waals surface area (Å²) < 4.78 is 25.2. The first-order valence-electron chi connectivity index (χ1n) is 12.6. The van der Waals surface area contributed by atoms with Gasteiger partial charge in [-0.25, -0.2) is 0 Å². The van der Waals surface area contributed by atoms with Crippen LogP contribution in [0.1, 0.15) is 116 Å². The lowest BCUT2D eigenvalue weighted by Gasteiger charge is -2.35. The average molecular weight is 501 g/mol. The first-order valence-corrected chi connectivity index (χ1v) is 14.0. The highest BCUT2D eigenvalue weighted by atomic mass is 31.1. The van der Waals surface area contributed by atoms with Gasteiger partial charge in [0.15, 0.2) is 0 Å². The van der Waals surface area contributed by atoms with Gasteiger partial charge in [0, 0.05) is 17.5 Å². The van der Waals surface area contributed by atoms with E-state index in [9.17, 15) is 9.46 Å². The second-order valence-electron chi connectivity index (χ2n) is 14.1. The molecule has 0 fully saturated rings. The van der Waals surface area contributed by atoms with Gasteiger partial charge in [-0.05, 0) is 43.9 Å². The van der Waals surface area contributed by atoms with E-state index in [1.54, 1.807) is 0 Å². The summed E-state index contributed by atoms with van der Waals surface area (Å²) >= 11 is 0. The van der Waals surface area contributed by atoms with Crippen molar-refractivity contribution < 1.29 is 18.9 Å². The van der Waals surface area contributed by atoms with Gasteiger partial charge in [-0.2, -0.15) is 0 Å². The van der Waals surface area contributed by atoms with Crippen LogP contribution >= 0.6 is 8.03 Å². The largest absolute Gasteiger partial charge is 0.446 e. The molecule has 35 heavy (non-hydrogen) atoms. The average Bonchev–Trinajstić information content (AvgIpc) is 2.63. The minimum Gasteiger partial charge on any atom is -0.446 e. The first-order chi connectivity index (χ1) is 15.7. The molecule has 0 saturated heterocycles. The molecule has 194 valence electrons. The molecule has 0 spiro atoms. The fourth-order valence-electron chi connectivity index (χ4n) is 4.44. The molecule has 1 heterocycles. The van der Waals surface area contributed by atoms with E-state index in [0.717, 1.165) is 22.3 Å². The Morgan fingerprint density at radius 3 is 1.26 bits per heavy atom. The Balaban J connectivity index is 2.43. The SMILES string of the molecule is CC(C)(C)c1cc2c(c(C(C)(C)C)c1)OC([PH](=O)O)Oc1c(cc(C(C)(C)C)cc1C(C)(C)C)C2. The molecular weight excluding hydrogens is 455 g/mol. The van der Waals surface area contributed by atoms with Gasteiger partial charge in [0.25, 0.3) is 8.03 Å². The molecule has 0 radical (unpaired) electrons. The van der Waals surface area contributed by atoms with E-state index >= 15 is 0 Å². The van der Waals surface area contributed by atoms with Crippen LogP contribution < -0.4 is 9.47 Å². The monoisotopic (exact) mass is 500 g/mol. The molecule has 4 nitrogen and oxygen atoms in total. The second kappa shape index (κ2) is 8.96. The topological polar surface area (TPSA) is 55.8 Å². The lowest BCUT2D eigenvalue weighted by atomic mass is 9.76. The standard InChI is InChI=1S/C30H45O4P/c1-27(2,3)20-14-18-13-19-15-21(28(4,5)6)17-23(30(10,11)12)25(19)34-26(35(31)32)33-24(18)22(16-20)29(7,8)9/h14-17,26,35H,13H2,1-12H3,(H,31,32). The van der Waals surface area contributed by atoms with Crippen LogP contribution in [-0.4, -0.2) is 10.9 Å². The van der Waals surface area contributed by atoms with Crippen molar-refractivity contribution in [3.05, 3.63) is 57.6 Å². The lowest BCUT2D eigenvalue weighted by molar-refractivity contribution is 0.0612. The predicted octanol–water partition coefficient (Wildman–Crippen LogP) is 7.99. The van der Waals surface area contributed by atoms with Crippen LogP contribution in [0.3, 0.4) is 0 Å². The Bertz CT molecular complexity index is 1050. The van der Waals surface area contributed by atoms with Crippen molar-refractivity contribution in [1.82, 2.24) is 0 Å². The van der Waals surface area contributed by atoms with Crippen LogP contribution in [0, 0.1) is 0 Å². The third-order valence-electron chi connectivity index (χ3n) is 6.71. The highest BCUT2D eigenvalue weighted by Gasteiger charge is 2.34. The maximum atomic E-state index is 12.5. The van der Waals surface area contributed by atoms with Crippen molar-refractivity contribution in [2.45, 2.75) is 117 Å². The molecule has 5 heteroatoms. The van der Waals surface area contributed by atoms with Crippen molar-refractivity contribution >= 4 is 8.03 Å². The molecule has 2 aromatic rings. The van der Waals surface area contributed by atoms with Gasteiger partial charge < -0.3 is 14.4 Å². The normalized spacial score (nSPS) is 16.4. The summed E-state index contributed by atoms with van der Waals surface area (Å²) in [7, 11) is -3.15. The summed E-state index contributed by atoms with van der Waals surface area (Å²) in [6.45, 7) is 26.2. The van der Waals surface area contributed by atoms with Crippen molar-refractivity contribution in [1.29, 1.82) is 0 Å². The Morgan fingerprint density at radius 2 is 1.00 bits per heavy atom. The molecule has 0 aliphatic carbocycles. The minimum absolute atomic E-state index is 0.0512. The van der Waals surface area contributed by atoms with Crippen molar-refractivity contribution in [2.75, 3.05) is 0 Å². The molecule has 2 aromatic carbocycles. The Kier molecular flexibility index (Phi) is 7.12. The number of fused-ring (bicyclic) bond motifs is 2. The van der Waals surface area contributed by atoms with Gasteiger partial charge in [0.2, 0.25) is 0 Å². The lowest BCUT2D eigenvalue weighted by Crippen LogP contribution is -2.29. The van der Waals surface area contributed by atoms with E-state index in [2.05, 4.69) is 107 Å². The van der Waals surface area contributed by atoms with Crippen LogP contribution in [0.15, 0.2) is 24.3 Å². The van der Waals surface area contributed by atoms with E-state index in [1.807, 2.05) is 0 Å². The predicted molar refractivity (Wildman–Crippen MR) is 147 cm³/mol. The van der Waals surface area contributed by atoms with Crippen LogP contribution in [0.5, 0.6) is 11.5 Å².